The minimum atomic E-state index is -4.05. The lowest BCUT2D eigenvalue weighted by molar-refractivity contribution is -0.140. The number of carboxylic acid groups (broad SMARTS) is 1. The van der Waals surface area contributed by atoms with E-state index in [0.717, 1.165) is 21.2 Å². The van der Waals surface area contributed by atoms with Crippen LogP contribution < -0.4 is 4.72 Å². The van der Waals surface area contributed by atoms with Crippen molar-refractivity contribution in [2.75, 3.05) is 0 Å². The van der Waals surface area contributed by atoms with Crippen LogP contribution in [0, 0.1) is 5.92 Å². The summed E-state index contributed by atoms with van der Waals surface area (Å²) < 4.78 is 34.2. The number of aliphatic carboxylic acids is 1. The van der Waals surface area contributed by atoms with Crippen LogP contribution in [0.15, 0.2) is 51.8 Å². The molecule has 2 heterocycles. The summed E-state index contributed by atoms with van der Waals surface area (Å²) in [5, 5.41) is 11.4. The first kappa shape index (κ1) is 22.1. The van der Waals surface area contributed by atoms with Gasteiger partial charge in [-0.2, -0.15) is 4.72 Å². The van der Waals surface area contributed by atoms with Crippen molar-refractivity contribution in [3.05, 3.63) is 51.8 Å². The van der Waals surface area contributed by atoms with Crippen LogP contribution in [0.5, 0.6) is 0 Å². The highest BCUT2D eigenvalue weighted by Gasteiger charge is 2.28. The normalized spacial score (nSPS) is 13.3. The molecule has 0 aliphatic heterocycles. The van der Waals surface area contributed by atoms with Gasteiger partial charge in [-0.1, -0.05) is 43.1 Å². The van der Waals surface area contributed by atoms with Crippen molar-refractivity contribution in [1.29, 1.82) is 0 Å². The number of hydrogen-bond acceptors (Lipinski definition) is 5. The zero-order valence-corrected chi connectivity index (χ0v) is 19.5. The molecule has 0 unspecified atom stereocenters. The van der Waals surface area contributed by atoms with Crippen molar-refractivity contribution in [3.8, 4) is 10.4 Å². The molecule has 0 aliphatic carbocycles. The summed E-state index contributed by atoms with van der Waals surface area (Å²) in [6.45, 7) is 3.27. The van der Waals surface area contributed by atoms with E-state index in [1.807, 2.05) is 18.2 Å². The quantitative estimate of drug-likeness (QED) is 0.340. The van der Waals surface area contributed by atoms with Crippen LogP contribution in [0.4, 0.5) is 0 Å². The van der Waals surface area contributed by atoms with Crippen molar-refractivity contribution >= 4 is 72.5 Å². The highest BCUT2D eigenvalue weighted by Crippen LogP contribution is 2.41. The molecule has 31 heavy (non-hydrogen) atoms. The van der Waals surface area contributed by atoms with Gasteiger partial charge in [0, 0.05) is 16.8 Å². The van der Waals surface area contributed by atoms with E-state index in [0.29, 0.717) is 20.5 Å². The maximum atomic E-state index is 12.7. The Morgan fingerprint density at radius 3 is 2.29 bits per heavy atom. The number of fused-ring (bicyclic) bond motifs is 3. The van der Waals surface area contributed by atoms with Gasteiger partial charge in [-0.05, 0) is 41.8 Å². The van der Waals surface area contributed by atoms with E-state index in [1.54, 1.807) is 26.0 Å². The molecular weight excluding hydrogens is 481 g/mol. The number of furan rings is 1. The van der Waals surface area contributed by atoms with Gasteiger partial charge in [0.05, 0.1) is 19.1 Å². The summed E-state index contributed by atoms with van der Waals surface area (Å²) in [5.74, 6) is -1.65. The number of thiophene rings is 1. The molecule has 4 rings (SSSR count). The predicted octanol–water partition coefficient (Wildman–Crippen LogP) is 6.01. The molecule has 162 valence electrons. The van der Waals surface area contributed by atoms with Crippen molar-refractivity contribution in [3.63, 3.8) is 0 Å². The van der Waals surface area contributed by atoms with E-state index in [4.69, 9.17) is 27.6 Å². The van der Waals surface area contributed by atoms with Gasteiger partial charge in [-0.3, -0.25) is 4.79 Å². The van der Waals surface area contributed by atoms with E-state index in [1.165, 1.54) is 23.5 Å². The average molecular weight is 498 g/mol. The minimum absolute atomic E-state index is 0.0701. The van der Waals surface area contributed by atoms with Crippen LogP contribution in [0.1, 0.15) is 13.8 Å². The molecule has 0 saturated carbocycles. The maximum absolute atomic E-state index is 12.7. The van der Waals surface area contributed by atoms with Gasteiger partial charge in [0.1, 0.15) is 17.2 Å². The lowest BCUT2D eigenvalue weighted by Gasteiger charge is -2.17. The van der Waals surface area contributed by atoms with Crippen LogP contribution in [0.25, 0.3) is 32.4 Å². The first-order chi connectivity index (χ1) is 14.6. The Balaban J connectivity index is 1.76. The third-order valence-corrected chi connectivity index (χ3v) is 8.05. The zero-order chi connectivity index (χ0) is 22.5. The predicted molar refractivity (Wildman–Crippen MR) is 124 cm³/mol. The van der Waals surface area contributed by atoms with Gasteiger partial charge in [-0.25, -0.2) is 8.42 Å². The van der Waals surface area contributed by atoms with Gasteiger partial charge in [0.15, 0.2) is 0 Å². The lowest BCUT2D eigenvalue weighted by atomic mass is 10.1. The Hall–Kier alpha value is -2.10. The second kappa shape index (κ2) is 8.11. The Bertz CT molecular complexity index is 1420. The van der Waals surface area contributed by atoms with Gasteiger partial charge < -0.3 is 9.52 Å². The number of carboxylic acids is 1. The fourth-order valence-corrected chi connectivity index (χ4v) is 6.23. The van der Waals surface area contributed by atoms with Crippen LogP contribution in [-0.4, -0.2) is 25.5 Å². The smallest absolute Gasteiger partial charge is 0.322 e. The molecule has 2 N–H and O–H groups in total. The maximum Gasteiger partial charge on any atom is 0.322 e. The molecule has 10 heteroatoms. The summed E-state index contributed by atoms with van der Waals surface area (Å²) in [5.41, 5.74) is 1.78. The van der Waals surface area contributed by atoms with E-state index >= 15 is 0 Å². The Labute approximate surface area is 192 Å². The standard InChI is InChI=1S/C21H17Cl2NO5S2/c1-10(2)19(21(25)26)24-31(27,28)12-4-6-14-13-5-3-11(7-16(13)29-17(14)8-12)20-15(22)9-18(23)30-20/h3-10,19,24H,1-2H3,(H,25,26)/t19-/m0/s1. The van der Waals surface area contributed by atoms with Crippen LogP contribution in [0.2, 0.25) is 9.36 Å². The summed E-state index contributed by atoms with van der Waals surface area (Å²) in [6, 6.07) is 10.5. The largest absolute Gasteiger partial charge is 0.480 e. The topological polar surface area (TPSA) is 96.6 Å². The fraction of sp³-hybridized carbons (Fsp3) is 0.190. The highest BCUT2D eigenvalue weighted by atomic mass is 35.5. The summed E-state index contributed by atoms with van der Waals surface area (Å²) in [6.07, 6.45) is 0. The van der Waals surface area contributed by atoms with E-state index in [9.17, 15) is 18.3 Å². The third-order valence-electron chi connectivity index (χ3n) is 4.89. The molecule has 0 aliphatic rings. The van der Waals surface area contributed by atoms with Crippen LogP contribution in [0.3, 0.4) is 0 Å². The number of hydrogen-bond donors (Lipinski definition) is 2. The second-order valence-electron chi connectivity index (χ2n) is 7.38. The average Bonchev–Trinajstić information content (AvgIpc) is 3.23. The van der Waals surface area contributed by atoms with Gasteiger partial charge in [0.25, 0.3) is 0 Å². The second-order valence-corrected chi connectivity index (χ2v) is 11.2. The molecule has 4 aromatic rings. The molecule has 0 saturated heterocycles. The van der Waals surface area contributed by atoms with Crippen molar-refractivity contribution in [1.82, 2.24) is 4.72 Å². The van der Waals surface area contributed by atoms with E-state index in [2.05, 4.69) is 4.72 Å². The minimum Gasteiger partial charge on any atom is -0.480 e. The number of rotatable bonds is 6. The lowest BCUT2D eigenvalue weighted by Crippen LogP contribution is -2.44. The van der Waals surface area contributed by atoms with Crippen molar-refractivity contribution in [2.24, 2.45) is 5.92 Å². The van der Waals surface area contributed by atoms with E-state index < -0.39 is 28.0 Å². The van der Waals surface area contributed by atoms with Gasteiger partial charge in [0.2, 0.25) is 10.0 Å². The highest BCUT2D eigenvalue weighted by molar-refractivity contribution is 7.89. The molecule has 0 spiro atoms. The molecular formula is C21H17Cl2NO5S2. The summed E-state index contributed by atoms with van der Waals surface area (Å²) >= 11 is 13.6. The van der Waals surface area contributed by atoms with Crippen molar-refractivity contribution < 1.29 is 22.7 Å². The molecule has 0 amide bonds. The van der Waals surface area contributed by atoms with Crippen LogP contribution >= 0.6 is 34.5 Å². The number of sulfonamides is 1. The molecule has 0 fully saturated rings. The van der Waals surface area contributed by atoms with Crippen LogP contribution in [-0.2, 0) is 14.8 Å². The van der Waals surface area contributed by atoms with Crippen molar-refractivity contribution in [2.45, 2.75) is 24.8 Å². The zero-order valence-electron chi connectivity index (χ0n) is 16.3. The van der Waals surface area contributed by atoms with Gasteiger partial charge >= 0.3 is 5.97 Å². The SMILES string of the molecule is CC(C)[C@H](NS(=O)(=O)c1ccc2c(c1)oc1cc(-c3sc(Cl)cc3Cl)ccc12)C(=O)O. The summed E-state index contributed by atoms with van der Waals surface area (Å²) in [7, 11) is -4.05. The molecule has 2 aromatic carbocycles. The van der Waals surface area contributed by atoms with Gasteiger partial charge in [-0.15, -0.1) is 11.3 Å². The van der Waals surface area contributed by atoms with E-state index in [-0.39, 0.29) is 4.90 Å². The Morgan fingerprint density at radius 1 is 1.06 bits per heavy atom. The Morgan fingerprint density at radius 2 is 1.71 bits per heavy atom. The Kier molecular flexibility index (Phi) is 5.78. The number of nitrogens with one attached hydrogen (secondary N) is 1. The molecule has 0 radical (unpaired) electrons. The number of carbonyl (C=O) groups is 1. The molecule has 0 bridgehead atoms. The number of benzene rings is 2. The molecule has 2 aromatic heterocycles. The summed E-state index contributed by atoms with van der Waals surface area (Å²) in [4.78, 5) is 12.1. The first-order valence-corrected chi connectivity index (χ1v) is 12.3. The molecule has 6 nitrogen and oxygen atoms in total. The third kappa shape index (κ3) is 4.18. The number of halogens is 2. The first-order valence-electron chi connectivity index (χ1n) is 9.23. The molecule has 1 atom stereocenters. The monoisotopic (exact) mass is 497 g/mol. The fourth-order valence-electron chi connectivity index (χ4n) is 3.31.